The molecule has 0 aliphatic rings. The Morgan fingerprint density at radius 2 is 2.20 bits per heavy atom. The topological polar surface area (TPSA) is 43.8 Å². The van der Waals surface area contributed by atoms with Crippen molar-refractivity contribution in [3.63, 3.8) is 0 Å². The second-order valence-corrected chi connectivity index (χ2v) is 5.79. The highest BCUT2D eigenvalue weighted by atomic mass is 79.9. The van der Waals surface area contributed by atoms with Gasteiger partial charge in [-0.1, -0.05) is 29.3 Å². The molecule has 0 saturated heterocycles. The molecule has 0 spiro atoms. The Bertz CT molecular complexity index is 593. The van der Waals surface area contributed by atoms with Gasteiger partial charge >= 0.3 is 0 Å². The van der Waals surface area contributed by atoms with Gasteiger partial charge in [0, 0.05) is 28.2 Å². The van der Waals surface area contributed by atoms with E-state index in [0.29, 0.717) is 0 Å². The molecule has 20 heavy (non-hydrogen) atoms. The van der Waals surface area contributed by atoms with Crippen LogP contribution in [0.1, 0.15) is 38.3 Å². The number of unbranched alkanes of at least 4 members (excludes halogenated alkanes) is 1. The number of aromatic nitrogens is 2. The Morgan fingerprint density at radius 1 is 1.45 bits per heavy atom. The maximum Gasteiger partial charge on any atom is 0.123 e. The Kier molecular flexibility index (Phi) is 4.94. The quantitative estimate of drug-likeness (QED) is 0.883. The fourth-order valence-corrected chi connectivity index (χ4v) is 2.62. The van der Waals surface area contributed by atoms with Crippen LogP contribution in [0.15, 0.2) is 28.9 Å². The molecule has 1 heterocycles. The van der Waals surface area contributed by atoms with E-state index in [9.17, 15) is 4.39 Å². The summed E-state index contributed by atoms with van der Waals surface area (Å²) >= 11 is 3.49. The predicted octanol–water partition coefficient (Wildman–Crippen LogP) is 4.27. The average molecular weight is 340 g/mol. The number of rotatable bonds is 5. The smallest absolute Gasteiger partial charge is 0.123 e. The van der Waals surface area contributed by atoms with E-state index in [1.54, 1.807) is 12.3 Å². The van der Waals surface area contributed by atoms with Gasteiger partial charge in [-0.25, -0.2) is 4.39 Å². The molecule has 0 unspecified atom stereocenters. The average Bonchev–Trinajstić information content (AvgIpc) is 2.83. The highest BCUT2D eigenvalue weighted by Gasteiger charge is 2.18. The molecule has 1 aromatic carbocycles. The molecule has 0 aliphatic carbocycles. The minimum Gasteiger partial charge on any atom is -0.324 e. The molecule has 3 nitrogen and oxygen atoms in total. The number of hydrogen-bond acceptors (Lipinski definition) is 2. The van der Waals surface area contributed by atoms with Gasteiger partial charge in [-0.15, -0.1) is 0 Å². The summed E-state index contributed by atoms with van der Waals surface area (Å²) in [6.45, 7) is 4.85. The van der Waals surface area contributed by atoms with Gasteiger partial charge in [-0.2, -0.15) is 5.10 Å². The van der Waals surface area contributed by atoms with E-state index in [-0.39, 0.29) is 11.9 Å². The van der Waals surface area contributed by atoms with Crippen molar-refractivity contribution in [3.8, 4) is 11.3 Å². The van der Waals surface area contributed by atoms with Crippen LogP contribution in [0, 0.1) is 5.82 Å². The second-order valence-electron chi connectivity index (χ2n) is 4.94. The first kappa shape index (κ1) is 15.2. The number of hydrogen-bond donors (Lipinski definition) is 1. The van der Waals surface area contributed by atoms with E-state index in [2.05, 4.69) is 28.0 Å². The molecule has 2 rings (SSSR count). The molecular weight excluding hydrogens is 321 g/mol. The van der Waals surface area contributed by atoms with Crippen molar-refractivity contribution in [1.29, 1.82) is 0 Å². The van der Waals surface area contributed by atoms with Crippen LogP contribution in [0.25, 0.3) is 11.3 Å². The molecule has 2 aromatic rings. The molecule has 2 N–H and O–H groups in total. The second kappa shape index (κ2) is 6.50. The highest BCUT2D eigenvalue weighted by molar-refractivity contribution is 9.10. The maximum absolute atomic E-state index is 13.6. The first-order valence-electron chi connectivity index (χ1n) is 6.81. The standard InChI is InChI=1S/C15H19BrFN3/c1-3-4-7-20-15(13(9-19-20)10(2)18)12-8-11(17)5-6-14(12)16/h5-6,8-10H,3-4,7,18H2,1-2H3/t10-/m1/s1. The lowest BCUT2D eigenvalue weighted by Gasteiger charge is -2.13. The van der Waals surface area contributed by atoms with E-state index in [4.69, 9.17) is 5.73 Å². The van der Waals surface area contributed by atoms with Crippen LogP contribution in [-0.2, 0) is 6.54 Å². The van der Waals surface area contributed by atoms with Gasteiger partial charge in [0.2, 0.25) is 0 Å². The first-order valence-corrected chi connectivity index (χ1v) is 7.60. The molecule has 0 radical (unpaired) electrons. The van der Waals surface area contributed by atoms with Crippen LogP contribution in [0.5, 0.6) is 0 Å². The van der Waals surface area contributed by atoms with Crippen molar-refractivity contribution in [3.05, 3.63) is 40.2 Å². The van der Waals surface area contributed by atoms with Crippen molar-refractivity contribution in [1.82, 2.24) is 9.78 Å². The fourth-order valence-electron chi connectivity index (χ4n) is 2.18. The fraction of sp³-hybridized carbons (Fsp3) is 0.400. The Hall–Kier alpha value is -1.20. The number of aryl methyl sites for hydroxylation is 1. The lowest BCUT2D eigenvalue weighted by molar-refractivity contribution is 0.575. The van der Waals surface area contributed by atoms with Crippen molar-refractivity contribution in [2.45, 2.75) is 39.3 Å². The zero-order chi connectivity index (χ0) is 14.7. The Balaban J connectivity index is 2.56. The molecule has 0 fully saturated rings. The summed E-state index contributed by atoms with van der Waals surface area (Å²) in [6, 6.07) is 4.53. The van der Waals surface area contributed by atoms with Gasteiger partial charge in [-0.3, -0.25) is 4.68 Å². The molecule has 108 valence electrons. The maximum atomic E-state index is 13.6. The van der Waals surface area contributed by atoms with Gasteiger partial charge < -0.3 is 5.73 Å². The molecule has 0 bridgehead atoms. The third-order valence-corrected chi connectivity index (χ3v) is 3.96. The van der Waals surface area contributed by atoms with Crippen molar-refractivity contribution in [2.24, 2.45) is 5.73 Å². The Labute approximate surface area is 127 Å². The van der Waals surface area contributed by atoms with Crippen LogP contribution < -0.4 is 5.73 Å². The van der Waals surface area contributed by atoms with Crippen LogP contribution in [0.3, 0.4) is 0 Å². The number of halogens is 2. The van der Waals surface area contributed by atoms with E-state index >= 15 is 0 Å². The molecule has 1 atom stereocenters. The number of benzene rings is 1. The van der Waals surface area contributed by atoms with Crippen LogP contribution in [-0.4, -0.2) is 9.78 Å². The third kappa shape index (κ3) is 3.10. The van der Waals surface area contributed by atoms with Crippen molar-refractivity contribution < 1.29 is 4.39 Å². The summed E-state index contributed by atoms with van der Waals surface area (Å²) in [4.78, 5) is 0. The van der Waals surface area contributed by atoms with Gasteiger partial charge in [0.1, 0.15) is 5.82 Å². The van der Waals surface area contributed by atoms with E-state index in [1.165, 1.54) is 12.1 Å². The van der Waals surface area contributed by atoms with Gasteiger partial charge in [0.15, 0.2) is 0 Å². The molecule has 0 amide bonds. The third-order valence-electron chi connectivity index (χ3n) is 3.27. The normalized spacial score (nSPS) is 12.7. The first-order chi connectivity index (χ1) is 9.54. The minimum absolute atomic E-state index is 0.143. The molecule has 0 saturated carbocycles. The van der Waals surface area contributed by atoms with Gasteiger partial charge in [0.05, 0.1) is 11.9 Å². The zero-order valence-corrected chi connectivity index (χ0v) is 13.3. The van der Waals surface area contributed by atoms with Gasteiger partial charge in [-0.05, 0) is 31.5 Å². The van der Waals surface area contributed by atoms with E-state index in [1.807, 2.05) is 11.6 Å². The number of nitrogens with zero attached hydrogens (tertiary/aromatic N) is 2. The molecule has 5 heteroatoms. The SMILES string of the molecule is CCCCn1ncc([C@@H](C)N)c1-c1cc(F)ccc1Br. The lowest BCUT2D eigenvalue weighted by Crippen LogP contribution is -2.08. The summed E-state index contributed by atoms with van der Waals surface area (Å²) in [6.07, 6.45) is 3.89. The lowest BCUT2D eigenvalue weighted by atomic mass is 10.0. The summed E-state index contributed by atoms with van der Waals surface area (Å²) in [7, 11) is 0. The monoisotopic (exact) mass is 339 g/mol. The van der Waals surface area contributed by atoms with Crippen molar-refractivity contribution in [2.75, 3.05) is 0 Å². The van der Waals surface area contributed by atoms with E-state index < -0.39 is 0 Å². The minimum atomic E-state index is -0.262. The summed E-state index contributed by atoms with van der Waals surface area (Å²) < 4.78 is 16.3. The van der Waals surface area contributed by atoms with E-state index in [0.717, 1.165) is 40.7 Å². The summed E-state index contributed by atoms with van der Waals surface area (Å²) in [5.74, 6) is -0.262. The summed E-state index contributed by atoms with van der Waals surface area (Å²) in [5.41, 5.74) is 8.66. The van der Waals surface area contributed by atoms with Crippen LogP contribution >= 0.6 is 15.9 Å². The number of nitrogens with two attached hydrogens (primary N) is 1. The molecule has 0 aliphatic heterocycles. The van der Waals surface area contributed by atoms with Crippen molar-refractivity contribution >= 4 is 15.9 Å². The zero-order valence-electron chi connectivity index (χ0n) is 11.7. The predicted molar refractivity (Wildman–Crippen MR) is 82.8 cm³/mol. The van der Waals surface area contributed by atoms with Gasteiger partial charge in [0.25, 0.3) is 0 Å². The molecular formula is C15H19BrFN3. The summed E-state index contributed by atoms with van der Waals surface area (Å²) in [5, 5.41) is 4.42. The molecule has 1 aromatic heterocycles. The van der Waals surface area contributed by atoms with Crippen LogP contribution in [0.4, 0.5) is 4.39 Å². The van der Waals surface area contributed by atoms with Crippen LogP contribution in [0.2, 0.25) is 0 Å². The largest absolute Gasteiger partial charge is 0.324 e. The highest BCUT2D eigenvalue weighted by Crippen LogP contribution is 2.33. The Morgan fingerprint density at radius 3 is 2.85 bits per heavy atom.